The predicted molar refractivity (Wildman–Crippen MR) is 84.9 cm³/mol. The molecule has 0 aromatic heterocycles. The summed E-state index contributed by atoms with van der Waals surface area (Å²) < 4.78 is 26.8. The first-order chi connectivity index (χ1) is 10.5. The largest absolute Gasteiger partial charge is 0.772 e. The standard InChI is InChI=1S/C17H22O4S/c1-13(17(18)21-16-5-3-2-4-6-16)11-14-7-9-15(10-8-14)12-22(19)20/h7-10,16H,1-6,11-12H2,(H,19,20)/p-1. The third-order valence-corrected chi connectivity index (χ3v) is 4.41. The van der Waals surface area contributed by atoms with Crippen LogP contribution in [0.5, 0.6) is 0 Å². The molecular formula is C17H21O4S-. The Balaban J connectivity index is 1.85. The normalized spacial score (nSPS) is 17.0. The summed E-state index contributed by atoms with van der Waals surface area (Å²) in [6, 6.07) is 7.15. The molecule has 0 bridgehead atoms. The summed E-state index contributed by atoms with van der Waals surface area (Å²) in [7, 11) is 0. The van der Waals surface area contributed by atoms with Crippen LogP contribution in [-0.2, 0) is 32.8 Å². The summed E-state index contributed by atoms with van der Waals surface area (Å²) in [6.07, 6.45) is 5.80. The molecule has 0 spiro atoms. The molecule has 120 valence electrons. The van der Waals surface area contributed by atoms with Gasteiger partial charge in [-0.25, -0.2) is 4.79 Å². The molecule has 0 aliphatic heterocycles. The van der Waals surface area contributed by atoms with Crippen LogP contribution in [0.25, 0.3) is 0 Å². The maximum atomic E-state index is 12.0. The molecule has 1 aliphatic carbocycles. The molecule has 4 nitrogen and oxygen atoms in total. The number of carbonyl (C=O) groups excluding carboxylic acids is 1. The Labute approximate surface area is 133 Å². The van der Waals surface area contributed by atoms with E-state index in [9.17, 15) is 13.6 Å². The van der Waals surface area contributed by atoms with E-state index < -0.39 is 11.1 Å². The van der Waals surface area contributed by atoms with Gasteiger partial charge in [0, 0.05) is 17.7 Å². The lowest BCUT2D eigenvalue weighted by molar-refractivity contribution is -0.145. The molecule has 1 saturated carbocycles. The van der Waals surface area contributed by atoms with Crippen LogP contribution in [0.1, 0.15) is 43.2 Å². The summed E-state index contributed by atoms with van der Waals surface area (Å²) in [5, 5.41) is 0. The van der Waals surface area contributed by atoms with Crippen molar-refractivity contribution in [3.05, 3.63) is 47.5 Å². The minimum Gasteiger partial charge on any atom is -0.772 e. The zero-order valence-corrected chi connectivity index (χ0v) is 13.4. The van der Waals surface area contributed by atoms with Crippen LogP contribution in [-0.4, -0.2) is 20.8 Å². The van der Waals surface area contributed by atoms with Crippen LogP contribution in [0.3, 0.4) is 0 Å². The van der Waals surface area contributed by atoms with Gasteiger partial charge in [0.05, 0.1) is 0 Å². The second kappa shape index (κ2) is 8.25. The van der Waals surface area contributed by atoms with E-state index in [1.807, 2.05) is 12.1 Å². The highest BCUT2D eigenvalue weighted by atomic mass is 32.2. The summed E-state index contributed by atoms with van der Waals surface area (Å²) >= 11 is -2.09. The molecule has 0 N–H and O–H groups in total. The number of rotatable bonds is 6. The van der Waals surface area contributed by atoms with Crippen molar-refractivity contribution in [2.75, 3.05) is 0 Å². The first kappa shape index (κ1) is 16.9. The van der Waals surface area contributed by atoms with E-state index in [-0.39, 0.29) is 17.8 Å². The molecule has 0 radical (unpaired) electrons. The summed E-state index contributed by atoms with van der Waals surface area (Å²) in [5.41, 5.74) is 2.09. The van der Waals surface area contributed by atoms with Gasteiger partial charge in [-0.05, 0) is 36.8 Å². The minimum absolute atomic E-state index is 0.00491. The Bertz CT molecular complexity index is 544. The summed E-state index contributed by atoms with van der Waals surface area (Å²) in [6.45, 7) is 3.81. The Kier molecular flexibility index (Phi) is 6.34. The van der Waals surface area contributed by atoms with Crippen molar-refractivity contribution in [3.63, 3.8) is 0 Å². The zero-order chi connectivity index (χ0) is 15.9. The highest BCUT2D eigenvalue weighted by Gasteiger charge is 2.19. The van der Waals surface area contributed by atoms with Crippen LogP contribution < -0.4 is 0 Å². The maximum Gasteiger partial charge on any atom is 0.334 e. The number of esters is 1. The fraction of sp³-hybridized carbons (Fsp3) is 0.471. The minimum atomic E-state index is -2.09. The van der Waals surface area contributed by atoms with E-state index in [4.69, 9.17) is 4.74 Å². The van der Waals surface area contributed by atoms with E-state index >= 15 is 0 Å². The van der Waals surface area contributed by atoms with E-state index in [1.165, 1.54) is 6.42 Å². The lowest BCUT2D eigenvalue weighted by Crippen LogP contribution is -2.22. The third-order valence-electron chi connectivity index (χ3n) is 3.84. The molecule has 1 aliphatic rings. The molecule has 0 saturated heterocycles. The van der Waals surface area contributed by atoms with Crippen LogP contribution >= 0.6 is 0 Å². The van der Waals surface area contributed by atoms with Gasteiger partial charge in [-0.15, -0.1) is 0 Å². The Morgan fingerprint density at radius 1 is 1.18 bits per heavy atom. The number of ether oxygens (including phenoxy) is 1. The van der Waals surface area contributed by atoms with Crippen molar-refractivity contribution < 1.29 is 18.3 Å². The second-order valence-corrected chi connectivity index (χ2v) is 6.61. The highest BCUT2D eigenvalue weighted by Crippen LogP contribution is 2.21. The highest BCUT2D eigenvalue weighted by molar-refractivity contribution is 7.78. The Hall–Kier alpha value is -1.46. The number of carbonyl (C=O) groups is 1. The van der Waals surface area contributed by atoms with E-state index in [0.29, 0.717) is 12.0 Å². The molecule has 1 unspecified atom stereocenters. The van der Waals surface area contributed by atoms with Gasteiger partial charge in [0.25, 0.3) is 0 Å². The zero-order valence-electron chi connectivity index (χ0n) is 12.6. The van der Waals surface area contributed by atoms with Gasteiger partial charge >= 0.3 is 5.97 Å². The quantitative estimate of drug-likeness (QED) is 0.459. The van der Waals surface area contributed by atoms with Crippen LogP contribution in [0.15, 0.2) is 36.4 Å². The monoisotopic (exact) mass is 321 g/mol. The average Bonchev–Trinajstić information content (AvgIpc) is 2.49. The van der Waals surface area contributed by atoms with Crippen LogP contribution in [0, 0.1) is 0 Å². The van der Waals surface area contributed by atoms with E-state index in [2.05, 4.69) is 6.58 Å². The smallest absolute Gasteiger partial charge is 0.334 e. The summed E-state index contributed by atoms with van der Waals surface area (Å²) in [4.78, 5) is 12.0. The molecule has 1 aromatic carbocycles. The van der Waals surface area contributed by atoms with Crippen LogP contribution in [0.2, 0.25) is 0 Å². The first-order valence-electron chi connectivity index (χ1n) is 7.57. The van der Waals surface area contributed by atoms with Gasteiger partial charge in [-0.3, -0.25) is 4.21 Å². The Morgan fingerprint density at radius 2 is 1.77 bits per heavy atom. The van der Waals surface area contributed by atoms with Crippen molar-refractivity contribution in [2.24, 2.45) is 0 Å². The topological polar surface area (TPSA) is 66.4 Å². The number of hydrogen-bond acceptors (Lipinski definition) is 4. The lowest BCUT2D eigenvalue weighted by Gasteiger charge is -2.22. The fourth-order valence-electron chi connectivity index (χ4n) is 2.63. The van der Waals surface area contributed by atoms with Crippen molar-refractivity contribution in [3.8, 4) is 0 Å². The van der Waals surface area contributed by atoms with E-state index in [0.717, 1.165) is 36.8 Å². The predicted octanol–water partition coefficient (Wildman–Crippen LogP) is 3.04. The van der Waals surface area contributed by atoms with Crippen molar-refractivity contribution in [2.45, 2.75) is 50.4 Å². The maximum absolute atomic E-state index is 12.0. The summed E-state index contributed by atoms with van der Waals surface area (Å²) in [5.74, 6) is -0.318. The number of hydrogen-bond donors (Lipinski definition) is 0. The average molecular weight is 321 g/mol. The molecular weight excluding hydrogens is 300 g/mol. The van der Waals surface area contributed by atoms with Crippen molar-refractivity contribution in [1.82, 2.24) is 0 Å². The molecule has 22 heavy (non-hydrogen) atoms. The molecule has 0 heterocycles. The van der Waals surface area contributed by atoms with Crippen LogP contribution in [0.4, 0.5) is 0 Å². The third kappa shape index (κ3) is 5.39. The molecule has 1 fully saturated rings. The molecule has 5 heteroatoms. The Morgan fingerprint density at radius 3 is 2.36 bits per heavy atom. The molecule has 1 atom stereocenters. The van der Waals surface area contributed by atoms with Gasteiger partial charge in [-0.1, -0.05) is 48.3 Å². The van der Waals surface area contributed by atoms with Gasteiger partial charge in [-0.2, -0.15) is 0 Å². The molecule has 2 rings (SSSR count). The number of benzene rings is 1. The lowest BCUT2D eigenvalue weighted by atomic mass is 9.97. The van der Waals surface area contributed by atoms with E-state index in [1.54, 1.807) is 12.1 Å². The van der Waals surface area contributed by atoms with Gasteiger partial charge in [0.2, 0.25) is 0 Å². The van der Waals surface area contributed by atoms with Gasteiger partial charge in [0.15, 0.2) is 0 Å². The molecule has 0 amide bonds. The fourth-order valence-corrected chi connectivity index (χ4v) is 3.09. The van der Waals surface area contributed by atoms with Gasteiger partial charge < -0.3 is 9.29 Å². The van der Waals surface area contributed by atoms with Gasteiger partial charge in [0.1, 0.15) is 6.10 Å². The SMILES string of the molecule is C=C(Cc1ccc(CS(=O)[O-])cc1)C(=O)OC1CCCCC1. The first-order valence-corrected chi connectivity index (χ1v) is 8.81. The van der Waals surface area contributed by atoms with Crippen molar-refractivity contribution >= 4 is 17.0 Å². The second-order valence-electron chi connectivity index (χ2n) is 5.71. The molecule has 1 aromatic rings. The van der Waals surface area contributed by atoms with Crippen molar-refractivity contribution in [1.29, 1.82) is 0 Å².